The van der Waals surface area contributed by atoms with E-state index < -0.39 is 11.7 Å². The fourth-order valence-electron chi connectivity index (χ4n) is 3.55. The molecule has 0 amide bonds. The molecule has 0 saturated carbocycles. The summed E-state index contributed by atoms with van der Waals surface area (Å²) in [6, 6.07) is 14.9. The number of pyridine rings is 1. The van der Waals surface area contributed by atoms with Crippen molar-refractivity contribution < 1.29 is 17.9 Å². The van der Waals surface area contributed by atoms with E-state index in [0.29, 0.717) is 30.2 Å². The summed E-state index contributed by atoms with van der Waals surface area (Å²) < 4.78 is 44.8. The maximum atomic E-state index is 12.9. The molecule has 2 N–H and O–H groups in total. The number of rotatable bonds is 4. The number of hydrogen-bond acceptors (Lipinski definition) is 4. The van der Waals surface area contributed by atoms with Crippen molar-refractivity contribution in [2.45, 2.75) is 25.2 Å². The van der Waals surface area contributed by atoms with Crippen LogP contribution in [-0.2, 0) is 12.7 Å². The lowest BCUT2D eigenvalue weighted by Crippen LogP contribution is -2.24. The van der Waals surface area contributed by atoms with Gasteiger partial charge in [-0.25, -0.2) is 4.98 Å². The van der Waals surface area contributed by atoms with Crippen LogP contribution >= 0.6 is 0 Å². The van der Waals surface area contributed by atoms with Crippen LogP contribution in [0.4, 0.5) is 19.0 Å². The summed E-state index contributed by atoms with van der Waals surface area (Å²) in [5.41, 5.74) is 6.55. The van der Waals surface area contributed by atoms with Gasteiger partial charge in [-0.15, -0.1) is 0 Å². The maximum Gasteiger partial charge on any atom is 0.416 e. The number of halogens is 3. The molecule has 7 heteroatoms. The highest BCUT2D eigenvalue weighted by Gasteiger charge is 2.31. The number of nitrogens with two attached hydrogens (primary N) is 1. The molecule has 0 radical (unpaired) electrons. The first-order valence-electron chi connectivity index (χ1n) is 9.09. The van der Waals surface area contributed by atoms with E-state index in [2.05, 4.69) is 9.88 Å². The minimum atomic E-state index is -4.32. The summed E-state index contributed by atoms with van der Waals surface area (Å²) in [5, 5.41) is 0.950. The Labute approximate surface area is 160 Å². The third kappa shape index (κ3) is 4.04. The van der Waals surface area contributed by atoms with Gasteiger partial charge in [0, 0.05) is 25.0 Å². The Kier molecular flexibility index (Phi) is 4.85. The van der Waals surface area contributed by atoms with Crippen LogP contribution in [0.5, 0.6) is 5.75 Å². The maximum absolute atomic E-state index is 12.9. The summed E-state index contributed by atoms with van der Waals surface area (Å²) in [6.07, 6.45) is -3.56. The Morgan fingerprint density at radius 3 is 2.75 bits per heavy atom. The van der Waals surface area contributed by atoms with Crippen LogP contribution in [0.1, 0.15) is 17.5 Å². The van der Waals surface area contributed by atoms with Crippen LogP contribution < -0.4 is 10.5 Å². The molecule has 3 aromatic rings. The molecule has 0 aliphatic carbocycles. The van der Waals surface area contributed by atoms with E-state index in [1.807, 2.05) is 24.3 Å². The molecule has 1 atom stereocenters. The van der Waals surface area contributed by atoms with Crippen molar-refractivity contribution >= 4 is 16.7 Å². The van der Waals surface area contributed by atoms with Gasteiger partial charge in [0.25, 0.3) is 0 Å². The molecule has 28 heavy (non-hydrogen) atoms. The number of nitrogens with zero attached hydrogens (tertiary/aromatic N) is 2. The van der Waals surface area contributed by atoms with Crippen molar-refractivity contribution in [1.29, 1.82) is 0 Å². The number of benzene rings is 2. The monoisotopic (exact) mass is 387 g/mol. The molecule has 146 valence electrons. The molecule has 1 aromatic heterocycles. The first-order chi connectivity index (χ1) is 13.4. The number of nitrogen functional groups attached to an aromatic ring is 1. The number of anilines is 1. The topological polar surface area (TPSA) is 51.4 Å². The molecular weight excluding hydrogens is 367 g/mol. The van der Waals surface area contributed by atoms with Crippen molar-refractivity contribution in [3.05, 3.63) is 65.7 Å². The van der Waals surface area contributed by atoms with E-state index in [-0.39, 0.29) is 6.10 Å². The fourth-order valence-corrected chi connectivity index (χ4v) is 3.55. The van der Waals surface area contributed by atoms with Crippen molar-refractivity contribution in [2.75, 3.05) is 18.8 Å². The first kappa shape index (κ1) is 18.6. The predicted octanol–water partition coefficient (Wildman–Crippen LogP) is 4.49. The predicted molar refractivity (Wildman–Crippen MR) is 102 cm³/mol. The van der Waals surface area contributed by atoms with Crippen molar-refractivity contribution in [3.8, 4) is 5.75 Å². The molecule has 1 aliphatic heterocycles. The smallest absolute Gasteiger partial charge is 0.416 e. The standard InChI is InChI=1S/C21H20F3N3O/c22-21(23,24)16-5-1-3-14(11-16)12-27-10-9-17(13-27)28-18-6-2-4-15-7-8-19(25)26-20(15)18/h1-8,11,17H,9-10,12-13H2,(H2,25,26)/t17-/m0/s1. The van der Waals surface area contributed by atoms with Crippen LogP contribution in [0.15, 0.2) is 54.6 Å². The third-order valence-electron chi connectivity index (χ3n) is 4.89. The SMILES string of the molecule is Nc1ccc2cccc(O[C@H]3CCN(Cc4cccc(C(F)(F)F)c4)C3)c2n1. The van der Waals surface area contributed by atoms with Crippen LogP contribution in [0.3, 0.4) is 0 Å². The Morgan fingerprint density at radius 1 is 1.11 bits per heavy atom. The molecule has 0 spiro atoms. The average molecular weight is 387 g/mol. The third-order valence-corrected chi connectivity index (χ3v) is 4.89. The zero-order valence-corrected chi connectivity index (χ0v) is 15.1. The second-order valence-corrected chi connectivity index (χ2v) is 7.03. The van der Waals surface area contributed by atoms with Crippen molar-refractivity contribution in [1.82, 2.24) is 9.88 Å². The van der Waals surface area contributed by atoms with Gasteiger partial charge < -0.3 is 10.5 Å². The molecule has 2 heterocycles. The summed E-state index contributed by atoms with van der Waals surface area (Å²) in [6.45, 7) is 1.88. The molecule has 0 unspecified atom stereocenters. The number of ether oxygens (including phenoxy) is 1. The normalized spacial score (nSPS) is 17.9. The van der Waals surface area contributed by atoms with Crippen LogP contribution in [0.2, 0.25) is 0 Å². The van der Waals surface area contributed by atoms with E-state index in [1.165, 1.54) is 12.1 Å². The Morgan fingerprint density at radius 2 is 1.93 bits per heavy atom. The van der Waals surface area contributed by atoms with Gasteiger partial charge in [0.1, 0.15) is 23.2 Å². The first-order valence-corrected chi connectivity index (χ1v) is 9.09. The highest BCUT2D eigenvalue weighted by molar-refractivity contribution is 5.85. The highest BCUT2D eigenvalue weighted by Crippen LogP contribution is 2.31. The Bertz CT molecular complexity index is 990. The number of hydrogen-bond donors (Lipinski definition) is 1. The van der Waals surface area contributed by atoms with E-state index in [0.717, 1.165) is 29.9 Å². The van der Waals surface area contributed by atoms with Crippen LogP contribution in [-0.4, -0.2) is 29.1 Å². The number of alkyl halides is 3. The molecule has 4 nitrogen and oxygen atoms in total. The second kappa shape index (κ2) is 7.31. The molecule has 1 aliphatic rings. The highest BCUT2D eigenvalue weighted by atomic mass is 19.4. The largest absolute Gasteiger partial charge is 0.487 e. The van der Waals surface area contributed by atoms with Gasteiger partial charge in [-0.3, -0.25) is 4.90 Å². The lowest BCUT2D eigenvalue weighted by molar-refractivity contribution is -0.137. The molecule has 1 saturated heterocycles. The van der Waals surface area contributed by atoms with E-state index >= 15 is 0 Å². The lowest BCUT2D eigenvalue weighted by atomic mass is 10.1. The van der Waals surface area contributed by atoms with Crippen molar-refractivity contribution in [3.63, 3.8) is 0 Å². The van der Waals surface area contributed by atoms with E-state index in [9.17, 15) is 13.2 Å². The van der Waals surface area contributed by atoms with Crippen LogP contribution in [0, 0.1) is 0 Å². The molecule has 0 bridgehead atoms. The van der Waals surface area contributed by atoms with E-state index in [1.54, 1.807) is 12.1 Å². The summed E-state index contributed by atoms with van der Waals surface area (Å²) in [4.78, 5) is 6.47. The average Bonchev–Trinajstić information content (AvgIpc) is 3.08. The molecule has 1 fully saturated rings. The summed E-state index contributed by atoms with van der Waals surface area (Å²) in [7, 11) is 0. The molecular formula is C21H20F3N3O. The Hall–Kier alpha value is -2.80. The molecule has 4 rings (SSSR count). The summed E-state index contributed by atoms with van der Waals surface area (Å²) in [5.74, 6) is 1.11. The zero-order valence-electron chi connectivity index (χ0n) is 15.1. The number of para-hydroxylation sites is 1. The fraction of sp³-hybridized carbons (Fsp3) is 0.286. The van der Waals surface area contributed by atoms with Gasteiger partial charge in [-0.05, 0) is 36.2 Å². The van der Waals surface area contributed by atoms with Crippen LogP contribution in [0.25, 0.3) is 10.9 Å². The number of fused-ring (bicyclic) bond motifs is 1. The quantitative estimate of drug-likeness (QED) is 0.717. The minimum Gasteiger partial charge on any atom is -0.487 e. The lowest BCUT2D eigenvalue weighted by Gasteiger charge is -2.18. The van der Waals surface area contributed by atoms with Gasteiger partial charge >= 0.3 is 6.18 Å². The van der Waals surface area contributed by atoms with Gasteiger partial charge in [0.15, 0.2) is 0 Å². The van der Waals surface area contributed by atoms with Gasteiger partial charge in [0.2, 0.25) is 0 Å². The van der Waals surface area contributed by atoms with E-state index in [4.69, 9.17) is 10.5 Å². The Balaban J connectivity index is 1.43. The second-order valence-electron chi connectivity index (χ2n) is 7.03. The van der Waals surface area contributed by atoms with Crippen molar-refractivity contribution in [2.24, 2.45) is 0 Å². The zero-order chi connectivity index (χ0) is 19.7. The minimum absolute atomic E-state index is 0.0420. The number of likely N-dealkylation sites (tertiary alicyclic amines) is 1. The van der Waals surface area contributed by atoms with Gasteiger partial charge in [-0.1, -0.05) is 30.3 Å². The summed E-state index contributed by atoms with van der Waals surface area (Å²) >= 11 is 0. The van der Waals surface area contributed by atoms with Gasteiger partial charge in [-0.2, -0.15) is 13.2 Å². The number of aromatic nitrogens is 1. The van der Waals surface area contributed by atoms with Gasteiger partial charge in [0.05, 0.1) is 5.56 Å². The molecule has 2 aromatic carbocycles.